The van der Waals surface area contributed by atoms with E-state index in [9.17, 15) is 19.8 Å². The highest BCUT2D eigenvalue weighted by atomic mass is 16.3. The molecule has 3 rings (SSSR count). The molecule has 1 aromatic heterocycles. The highest BCUT2D eigenvalue weighted by molar-refractivity contribution is 5.92. The molecule has 1 atom stereocenters. The first kappa shape index (κ1) is 18.6. The summed E-state index contributed by atoms with van der Waals surface area (Å²) in [6, 6.07) is 10.1. The van der Waals surface area contributed by atoms with Gasteiger partial charge in [0.25, 0.3) is 11.8 Å². The molecule has 1 aromatic carbocycles. The lowest BCUT2D eigenvalue weighted by atomic mass is 10.0. The van der Waals surface area contributed by atoms with Crippen molar-refractivity contribution in [2.75, 3.05) is 13.6 Å². The van der Waals surface area contributed by atoms with E-state index in [1.165, 1.54) is 11.0 Å². The van der Waals surface area contributed by atoms with Crippen LogP contribution in [-0.2, 0) is 11.4 Å². The molecule has 27 heavy (non-hydrogen) atoms. The Balaban J connectivity index is 1.96. The van der Waals surface area contributed by atoms with Crippen molar-refractivity contribution in [3.8, 4) is 23.1 Å². The minimum atomic E-state index is -1.67. The van der Waals surface area contributed by atoms with E-state index < -0.39 is 17.4 Å². The van der Waals surface area contributed by atoms with Gasteiger partial charge in [-0.1, -0.05) is 24.0 Å². The van der Waals surface area contributed by atoms with Crippen LogP contribution in [0.2, 0.25) is 0 Å². The zero-order valence-corrected chi connectivity index (χ0v) is 14.8. The molecule has 1 fully saturated rings. The Morgan fingerprint density at radius 2 is 2.15 bits per heavy atom. The van der Waals surface area contributed by atoms with Crippen LogP contribution in [0.5, 0.6) is 0 Å². The van der Waals surface area contributed by atoms with Gasteiger partial charge in [0.1, 0.15) is 5.69 Å². The predicted molar refractivity (Wildman–Crippen MR) is 98.2 cm³/mol. The van der Waals surface area contributed by atoms with Crippen molar-refractivity contribution in [1.29, 1.82) is 0 Å². The van der Waals surface area contributed by atoms with E-state index in [1.54, 1.807) is 37.4 Å². The summed E-state index contributed by atoms with van der Waals surface area (Å²) >= 11 is 0. The molecule has 0 spiro atoms. The van der Waals surface area contributed by atoms with Gasteiger partial charge in [-0.05, 0) is 29.8 Å². The Morgan fingerprint density at radius 3 is 2.78 bits per heavy atom. The molecule has 0 aliphatic carbocycles. The van der Waals surface area contributed by atoms with Crippen LogP contribution in [0.3, 0.4) is 0 Å². The van der Waals surface area contributed by atoms with Gasteiger partial charge in [-0.25, -0.2) is 4.98 Å². The molecule has 2 heterocycles. The number of aliphatic hydroxyl groups is 2. The number of benzene rings is 1. The van der Waals surface area contributed by atoms with Crippen LogP contribution in [-0.4, -0.2) is 51.1 Å². The smallest absolute Gasteiger partial charge is 0.267 e. The molecule has 2 amide bonds. The number of nitrogens with two attached hydrogens (primary N) is 1. The van der Waals surface area contributed by atoms with Crippen LogP contribution in [0.4, 0.5) is 0 Å². The van der Waals surface area contributed by atoms with Crippen LogP contribution in [0, 0.1) is 11.8 Å². The number of nitrogens with zero attached hydrogens (tertiary/aromatic N) is 2. The van der Waals surface area contributed by atoms with Crippen molar-refractivity contribution in [1.82, 2.24) is 9.88 Å². The summed E-state index contributed by atoms with van der Waals surface area (Å²) in [6.45, 7) is 0.204. The van der Waals surface area contributed by atoms with Gasteiger partial charge in [-0.3, -0.25) is 9.59 Å². The molecule has 0 saturated carbocycles. The molecule has 7 nitrogen and oxygen atoms in total. The number of primary amides is 1. The maximum atomic E-state index is 12.0. The van der Waals surface area contributed by atoms with Gasteiger partial charge in [-0.2, -0.15) is 0 Å². The fraction of sp³-hybridized carbons (Fsp3) is 0.250. The van der Waals surface area contributed by atoms with Crippen molar-refractivity contribution in [2.45, 2.75) is 18.6 Å². The molecule has 1 saturated heterocycles. The molecule has 1 aliphatic heterocycles. The average molecular weight is 365 g/mol. The van der Waals surface area contributed by atoms with Gasteiger partial charge in [0, 0.05) is 31.1 Å². The number of carbonyl (C=O) groups is 2. The first-order chi connectivity index (χ1) is 12.8. The fourth-order valence-corrected chi connectivity index (χ4v) is 2.85. The minimum Gasteiger partial charge on any atom is -0.392 e. The third kappa shape index (κ3) is 3.82. The molecule has 138 valence electrons. The lowest BCUT2D eigenvalue weighted by Gasteiger charge is -2.13. The van der Waals surface area contributed by atoms with E-state index in [1.807, 2.05) is 0 Å². The quantitative estimate of drug-likeness (QED) is 0.676. The number of carbonyl (C=O) groups excluding carboxylic acids is 2. The van der Waals surface area contributed by atoms with Crippen LogP contribution in [0.25, 0.3) is 11.3 Å². The maximum Gasteiger partial charge on any atom is 0.267 e. The molecule has 1 aliphatic rings. The van der Waals surface area contributed by atoms with Crippen LogP contribution >= 0.6 is 0 Å². The second-order valence-corrected chi connectivity index (χ2v) is 6.44. The number of amides is 2. The van der Waals surface area contributed by atoms with E-state index in [0.717, 1.165) is 0 Å². The lowest BCUT2D eigenvalue weighted by Crippen LogP contribution is -2.37. The highest BCUT2D eigenvalue weighted by Gasteiger charge is 2.42. The second-order valence-electron chi connectivity index (χ2n) is 6.44. The predicted octanol–water partition coefficient (Wildman–Crippen LogP) is 0.284. The fourth-order valence-electron chi connectivity index (χ4n) is 2.85. The molecule has 7 heteroatoms. The third-order valence-electron chi connectivity index (χ3n) is 4.40. The summed E-state index contributed by atoms with van der Waals surface area (Å²) in [5.74, 6) is 4.41. The lowest BCUT2D eigenvalue weighted by molar-refractivity contribution is -0.137. The molecular weight excluding hydrogens is 346 g/mol. The Kier molecular flexibility index (Phi) is 4.95. The Hall–Kier alpha value is -3.21. The van der Waals surface area contributed by atoms with E-state index in [-0.39, 0.29) is 18.7 Å². The van der Waals surface area contributed by atoms with Gasteiger partial charge >= 0.3 is 0 Å². The molecule has 2 aromatic rings. The number of likely N-dealkylation sites (N-methyl/N-ethyl adjacent to an activating group) is 1. The number of aromatic nitrogens is 1. The Bertz CT molecular complexity index is 977. The standard InChI is InChI=1S/C20H19N3O4/c1-23-8-7-20(27,19(23)26)6-5-13-3-2-4-15(9-13)16-10-14(12-24)11-17(22-16)18(21)25/h2-4,9-11,24,27H,7-8,12H2,1H3,(H2,21,25)/t20-/m0/s1. The summed E-state index contributed by atoms with van der Waals surface area (Å²) in [4.78, 5) is 29.1. The SMILES string of the molecule is CN1CC[C@@](O)(C#Cc2cccc(-c3cc(CO)cc(C(N)=O)n3)c2)C1=O. The number of likely N-dealkylation sites (tertiary alicyclic amines) is 1. The highest BCUT2D eigenvalue weighted by Crippen LogP contribution is 2.23. The summed E-state index contributed by atoms with van der Waals surface area (Å²) < 4.78 is 0. The number of pyridine rings is 1. The zero-order chi connectivity index (χ0) is 19.6. The maximum absolute atomic E-state index is 12.0. The van der Waals surface area contributed by atoms with Gasteiger partial charge in [0.15, 0.2) is 0 Å². The molecule has 4 N–H and O–H groups in total. The number of aliphatic hydroxyl groups excluding tert-OH is 1. The van der Waals surface area contributed by atoms with Crippen LogP contribution in [0.1, 0.15) is 28.0 Å². The summed E-state index contributed by atoms with van der Waals surface area (Å²) in [6.07, 6.45) is 0.261. The van der Waals surface area contributed by atoms with Crippen molar-refractivity contribution >= 4 is 11.8 Å². The molecular formula is C20H19N3O4. The van der Waals surface area contributed by atoms with Crippen LogP contribution < -0.4 is 5.73 Å². The molecule has 0 unspecified atom stereocenters. The number of hydrogen-bond acceptors (Lipinski definition) is 5. The first-order valence-electron chi connectivity index (χ1n) is 8.35. The van der Waals surface area contributed by atoms with Crippen molar-refractivity contribution < 1.29 is 19.8 Å². The van der Waals surface area contributed by atoms with Gasteiger partial charge in [0.2, 0.25) is 5.60 Å². The average Bonchev–Trinajstić information content (AvgIpc) is 2.94. The van der Waals surface area contributed by atoms with E-state index in [2.05, 4.69) is 16.8 Å². The van der Waals surface area contributed by atoms with E-state index in [0.29, 0.717) is 28.9 Å². The zero-order valence-electron chi connectivity index (χ0n) is 14.8. The van der Waals surface area contributed by atoms with E-state index >= 15 is 0 Å². The van der Waals surface area contributed by atoms with Gasteiger partial charge in [-0.15, -0.1) is 0 Å². The normalized spacial score (nSPS) is 18.9. The van der Waals surface area contributed by atoms with Crippen molar-refractivity contribution in [3.63, 3.8) is 0 Å². The topological polar surface area (TPSA) is 117 Å². The largest absolute Gasteiger partial charge is 0.392 e. The number of rotatable bonds is 3. The second kappa shape index (κ2) is 7.19. The van der Waals surface area contributed by atoms with Crippen molar-refractivity contribution in [2.24, 2.45) is 5.73 Å². The first-order valence-corrected chi connectivity index (χ1v) is 8.35. The van der Waals surface area contributed by atoms with Gasteiger partial charge < -0.3 is 20.8 Å². The minimum absolute atomic E-state index is 0.0573. The summed E-state index contributed by atoms with van der Waals surface area (Å²) in [7, 11) is 1.62. The van der Waals surface area contributed by atoms with Crippen LogP contribution in [0.15, 0.2) is 36.4 Å². The van der Waals surface area contributed by atoms with Crippen molar-refractivity contribution in [3.05, 3.63) is 53.2 Å². The monoisotopic (exact) mass is 365 g/mol. The van der Waals surface area contributed by atoms with Gasteiger partial charge in [0.05, 0.1) is 12.3 Å². The van der Waals surface area contributed by atoms with E-state index in [4.69, 9.17) is 5.73 Å². The summed E-state index contributed by atoms with van der Waals surface area (Å²) in [5, 5.41) is 19.8. The molecule has 0 bridgehead atoms. The Morgan fingerprint density at radius 1 is 1.37 bits per heavy atom. The Labute approximate surface area is 156 Å². The third-order valence-corrected chi connectivity index (χ3v) is 4.40. The molecule has 0 radical (unpaired) electrons. The summed E-state index contributed by atoms with van der Waals surface area (Å²) in [5.41, 5.74) is 5.92. The number of hydrogen-bond donors (Lipinski definition) is 3.